The first-order chi connectivity index (χ1) is 10.1. The van der Waals surface area contributed by atoms with Crippen LogP contribution < -0.4 is 5.32 Å². The van der Waals surface area contributed by atoms with E-state index in [1.165, 1.54) is 12.1 Å². The molecular formula is C16H14FNO2S. The van der Waals surface area contributed by atoms with Gasteiger partial charge in [0.2, 0.25) is 0 Å². The summed E-state index contributed by atoms with van der Waals surface area (Å²) in [6.45, 7) is 0. The summed E-state index contributed by atoms with van der Waals surface area (Å²) in [5.41, 5.74) is 1.07. The van der Waals surface area contributed by atoms with Crippen LogP contribution >= 0.6 is 12.2 Å². The van der Waals surface area contributed by atoms with Crippen molar-refractivity contribution in [2.45, 2.75) is 12.5 Å². The second-order valence-electron chi connectivity index (χ2n) is 4.53. The summed E-state index contributed by atoms with van der Waals surface area (Å²) < 4.78 is 13.6. The van der Waals surface area contributed by atoms with Crippen LogP contribution in [0.3, 0.4) is 0 Å². The lowest BCUT2D eigenvalue weighted by atomic mass is 10.1. The first-order valence-electron chi connectivity index (χ1n) is 6.40. The van der Waals surface area contributed by atoms with Gasteiger partial charge in [-0.2, -0.15) is 0 Å². The molecule has 1 atom stereocenters. The molecule has 0 aliphatic rings. The Balaban J connectivity index is 2.12. The average Bonchev–Trinajstić information content (AvgIpc) is 2.48. The zero-order valence-corrected chi connectivity index (χ0v) is 11.9. The zero-order valence-electron chi connectivity index (χ0n) is 11.1. The molecule has 0 heterocycles. The van der Waals surface area contributed by atoms with E-state index in [1.807, 2.05) is 30.3 Å². The molecule has 2 aromatic carbocycles. The van der Waals surface area contributed by atoms with Gasteiger partial charge in [0.05, 0.1) is 0 Å². The van der Waals surface area contributed by atoms with E-state index < -0.39 is 17.8 Å². The number of rotatable bonds is 5. The fraction of sp³-hybridized carbons (Fsp3) is 0.125. The van der Waals surface area contributed by atoms with Crippen LogP contribution in [0.25, 0.3) is 0 Å². The van der Waals surface area contributed by atoms with Crippen molar-refractivity contribution in [3.63, 3.8) is 0 Å². The van der Waals surface area contributed by atoms with Gasteiger partial charge in [-0.1, -0.05) is 54.7 Å². The van der Waals surface area contributed by atoms with Crippen LogP contribution in [0.4, 0.5) is 4.39 Å². The number of thiocarbonyl (C=S) groups is 1. The molecule has 21 heavy (non-hydrogen) atoms. The van der Waals surface area contributed by atoms with E-state index in [0.717, 1.165) is 5.56 Å². The highest BCUT2D eigenvalue weighted by atomic mass is 32.1. The van der Waals surface area contributed by atoms with Crippen molar-refractivity contribution in [3.05, 3.63) is 71.5 Å². The molecule has 0 unspecified atom stereocenters. The van der Waals surface area contributed by atoms with Gasteiger partial charge in [0.25, 0.3) is 0 Å². The highest BCUT2D eigenvalue weighted by molar-refractivity contribution is 7.80. The minimum atomic E-state index is -1.03. The van der Waals surface area contributed by atoms with Crippen LogP contribution in [0.1, 0.15) is 11.1 Å². The number of carbonyl (C=O) groups is 1. The maximum Gasteiger partial charge on any atom is 0.326 e. The van der Waals surface area contributed by atoms with Gasteiger partial charge in [-0.15, -0.1) is 0 Å². The van der Waals surface area contributed by atoms with Crippen LogP contribution in [0.15, 0.2) is 54.6 Å². The summed E-state index contributed by atoms with van der Waals surface area (Å²) in [5, 5.41) is 12.0. The lowest BCUT2D eigenvalue weighted by molar-refractivity contribution is -0.139. The van der Waals surface area contributed by atoms with E-state index in [1.54, 1.807) is 12.1 Å². The number of hydrogen-bond donors (Lipinski definition) is 2. The quantitative estimate of drug-likeness (QED) is 0.834. The van der Waals surface area contributed by atoms with Crippen LogP contribution in [-0.4, -0.2) is 22.1 Å². The normalized spacial score (nSPS) is 11.7. The first kappa shape index (κ1) is 15.1. The molecular weight excluding hydrogens is 289 g/mol. The molecule has 108 valence electrons. The van der Waals surface area contributed by atoms with Crippen LogP contribution in [-0.2, 0) is 11.2 Å². The second kappa shape index (κ2) is 6.95. The number of carboxylic acids is 1. The molecule has 0 aromatic heterocycles. The third-order valence-electron chi connectivity index (χ3n) is 3.00. The molecule has 2 rings (SSSR count). The van der Waals surface area contributed by atoms with Gasteiger partial charge < -0.3 is 10.4 Å². The second-order valence-corrected chi connectivity index (χ2v) is 4.94. The van der Waals surface area contributed by atoms with E-state index in [0.29, 0.717) is 0 Å². The summed E-state index contributed by atoms with van der Waals surface area (Å²) in [4.78, 5) is 11.4. The highest BCUT2D eigenvalue weighted by Crippen LogP contribution is 2.09. The Morgan fingerprint density at radius 1 is 1.14 bits per heavy atom. The fourth-order valence-corrected chi connectivity index (χ4v) is 2.24. The molecule has 5 heteroatoms. The fourth-order valence-electron chi connectivity index (χ4n) is 1.93. The van der Waals surface area contributed by atoms with Crippen molar-refractivity contribution >= 4 is 23.2 Å². The van der Waals surface area contributed by atoms with Crippen molar-refractivity contribution in [1.82, 2.24) is 5.32 Å². The van der Waals surface area contributed by atoms with Crippen molar-refractivity contribution in [2.24, 2.45) is 0 Å². The topological polar surface area (TPSA) is 49.3 Å². The molecule has 0 saturated carbocycles. The van der Waals surface area contributed by atoms with Crippen LogP contribution in [0, 0.1) is 5.82 Å². The lowest BCUT2D eigenvalue weighted by Gasteiger charge is -2.17. The Kier molecular flexibility index (Phi) is 5.00. The van der Waals surface area contributed by atoms with Crippen molar-refractivity contribution in [1.29, 1.82) is 0 Å². The molecule has 0 amide bonds. The minimum absolute atomic E-state index is 0.0939. The van der Waals surface area contributed by atoms with Crippen LogP contribution in [0.5, 0.6) is 0 Å². The maximum atomic E-state index is 13.6. The van der Waals surface area contributed by atoms with E-state index in [2.05, 4.69) is 5.32 Å². The van der Waals surface area contributed by atoms with E-state index in [9.17, 15) is 14.3 Å². The predicted molar refractivity (Wildman–Crippen MR) is 82.8 cm³/mol. The molecule has 0 bridgehead atoms. The van der Waals surface area contributed by atoms with Crippen molar-refractivity contribution < 1.29 is 14.3 Å². The van der Waals surface area contributed by atoms with Gasteiger partial charge in [-0.3, -0.25) is 0 Å². The van der Waals surface area contributed by atoms with E-state index in [-0.39, 0.29) is 17.0 Å². The summed E-state index contributed by atoms with van der Waals surface area (Å²) in [5.74, 6) is -1.50. The number of hydrogen-bond acceptors (Lipinski definition) is 2. The van der Waals surface area contributed by atoms with E-state index >= 15 is 0 Å². The SMILES string of the molecule is O=C(O)[C@H](Cc1ccccc1)NC(=S)c1ccccc1F. The monoisotopic (exact) mass is 303 g/mol. The summed E-state index contributed by atoms with van der Waals surface area (Å²) in [6, 6.07) is 14.3. The minimum Gasteiger partial charge on any atom is -0.480 e. The van der Waals surface area contributed by atoms with Gasteiger partial charge in [0.15, 0.2) is 0 Å². The zero-order chi connectivity index (χ0) is 15.2. The molecule has 2 aromatic rings. The van der Waals surface area contributed by atoms with Gasteiger partial charge in [-0.25, -0.2) is 9.18 Å². The smallest absolute Gasteiger partial charge is 0.326 e. The Morgan fingerprint density at radius 2 is 1.76 bits per heavy atom. The Labute approximate surface area is 127 Å². The van der Waals surface area contributed by atoms with Gasteiger partial charge in [-0.05, 0) is 17.7 Å². The number of carboxylic acid groups (broad SMARTS) is 1. The number of benzene rings is 2. The Bertz CT molecular complexity index is 646. The third kappa shape index (κ3) is 4.10. The molecule has 0 aliphatic carbocycles. The summed E-state index contributed by atoms with van der Waals surface area (Å²) in [6.07, 6.45) is 0.269. The molecule has 0 spiro atoms. The number of aliphatic carboxylic acids is 1. The average molecular weight is 303 g/mol. The molecule has 0 aliphatic heterocycles. The van der Waals surface area contributed by atoms with E-state index in [4.69, 9.17) is 12.2 Å². The molecule has 0 radical (unpaired) electrons. The predicted octanol–water partition coefficient (Wildman–Crippen LogP) is 2.79. The van der Waals surface area contributed by atoms with Crippen LogP contribution in [0.2, 0.25) is 0 Å². The molecule has 2 N–H and O–H groups in total. The third-order valence-corrected chi connectivity index (χ3v) is 3.34. The Morgan fingerprint density at radius 3 is 2.38 bits per heavy atom. The van der Waals surface area contributed by atoms with Crippen molar-refractivity contribution in [2.75, 3.05) is 0 Å². The van der Waals surface area contributed by atoms with Crippen molar-refractivity contribution in [3.8, 4) is 0 Å². The summed E-state index contributed by atoms with van der Waals surface area (Å²) in [7, 11) is 0. The highest BCUT2D eigenvalue weighted by Gasteiger charge is 2.20. The standard InChI is InChI=1S/C16H14FNO2S/c17-13-9-5-4-8-12(13)15(21)18-14(16(19)20)10-11-6-2-1-3-7-11/h1-9,14H,10H2,(H,18,21)(H,19,20)/t14-/m0/s1. The summed E-state index contributed by atoms with van der Waals surface area (Å²) >= 11 is 5.11. The molecule has 3 nitrogen and oxygen atoms in total. The molecule has 0 saturated heterocycles. The van der Waals surface area contributed by atoms with Gasteiger partial charge >= 0.3 is 5.97 Å². The van der Waals surface area contributed by atoms with Gasteiger partial charge in [0, 0.05) is 12.0 Å². The first-order valence-corrected chi connectivity index (χ1v) is 6.81. The number of nitrogens with one attached hydrogen (secondary N) is 1. The largest absolute Gasteiger partial charge is 0.480 e. The van der Waals surface area contributed by atoms with Gasteiger partial charge in [0.1, 0.15) is 16.8 Å². The molecule has 0 fully saturated rings. The lowest BCUT2D eigenvalue weighted by Crippen LogP contribution is -2.42. The Hall–Kier alpha value is -2.27. The number of halogens is 1. The maximum absolute atomic E-state index is 13.6.